The number of tetrazole rings is 1. The number of thioether (sulfide) groups is 1. The highest BCUT2D eigenvalue weighted by molar-refractivity contribution is 7.99. The van der Waals surface area contributed by atoms with Gasteiger partial charge in [0, 0.05) is 5.75 Å². The van der Waals surface area contributed by atoms with Crippen molar-refractivity contribution in [1.29, 1.82) is 0 Å². The summed E-state index contributed by atoms with van der Waals surface area (Å²) in [5, 5.41) is 51.5. The van der Waals surface area contributed by atoms with E-state index in [1.165, 1.54) is 15.7 Å². The van der Waals surface area contributed by atoms with Crippen LogP contribution in [0.4, 0.5) is 0 Å². The topological polar surface area (TPSA) is 135 Å². The zero-order valence-electron chi connectivity index (χ0n) is 15.7. The number of hydrogen-bond donors (Lipinski definition) is 3. The van der Waals surface area contributed by atoms with Gasteiger partial charge in [0.15, 0.2) is 0 Å². The molecule has 2 heterocycles. The first kappa shape index (κ1) is 20.2. The third-order valence-corrected chi connectivity index (χ3v) is 5.36. The van der Waals surface area contributed by atoms with E-state index >= 15 is 0 Å². The number of rotatable bonds is 8. The average molecular weight is 425 g/mol. The summed E-state index contributed by atoms with van der Waals surface area (Å²) < 4.78 is 1.53. The smallest absolute Gasteiger partial charge is 0.214 e. The minimum atomic E-state index is -1.46. The van der Waals surface area contributed by atoms with Crippen LogP contribution >= 0.6 is 11.8 Å². The lowest BCUT2D eigenvalue weighted by Gasteiger charge is -2.21. The second kappa shape index (κ2) is 9.13. The molecule has 0 unspecified atom stereocenters. The molecule has 0 aliphatic rings. The molecule has 0 radical (unpaired) electrons. The molecule has 2 aromatic heterocycles. The van der Waals surface area contributed by atoms with Crippen LogP contribution in [0.25, 0.3) is 11.4 Å². The summed E-state index contributed by atoms with van der Waals surface area (Å²) in [6, 6.07) is 18.5. The van der Waals surface area contributed by atoms with E-state index in [1.54, 1.807) is 0 Å². The van der Waals surface area contributed by atoms with E-state index in [1.807, 2.05) is 60.7 Å². The summed E-state index contributed by atoms with van der Waals surface area (Å²) in [5.41, 5.74) is 1.65. The van der Waals surface area contributed by atoms with Crippen LogP contribution in [0.5, 0.6) is 0 Å². The fraction of sp³-hybridized carbons (Fsp3) is 0.211. The Morgan fingerprint density at radius 1 is 0.900 bits per heavy atom. The molecule has 30 heavy (non-hydrogen) atoms. The lowest BCUT2D eigenvalue weighted by atomic mass is 10.1. The van der Waals surface area contributed by atoms with Gasteiger partial charge in [-0.2, -0.15) is 19.7 Å². The van der Waals surface area contributed by atoms with E-state index in [0.717, 1.165) is 17.4 Å². The van der Waals surface area contributed by atoms with Gasteiger partial charge in [-0.25, -0.2) is 0 Å². The Kier molecular flexibility index (Phi) is 6.14. The molecular weight excluding hydrogens is 406 g/mol. The monoisotopic (exact) mass is 425 g/mol. The highest BCUT2D eigenvalue weighted by atomic mass is 32.2. The van der Waals surface area contributed by atoms with Gasteiger partial charge in [0.1, 0.15) is 17.9 Å². The average Bonchev–Trinajstić information content (AvgIpc) is 3.47. The van der Waals surface area contributed by atoms with E-state index in [0.29, 0.717) is 10.8 Å². The van der Waals surface area contributed by atoms with Crippen molar-refractivity contribution in [1.82, 2.24) is 35.2 Å². The van der Waals surface area contributed by atoms with Crippen molar-refractivity contribution in [2.45, 2.75) is 23.5 Å². The largest absolute Gasteiger partial charge is 0.389 e. The Morgan fingerprint density at radius 3 is 2.27 bits per heavy atom. The summed E-state index contributed by atoms with van der Waals surface area (Å²) in [4.78, 5) is 1.35. The third kappa shape index (κ3) is 4.39. The van der Waals surface area contributed by atoms with Crippen LogP contribution < -0.4 is 0 Å². The Morgan fingerprint density at radius 2 is 1.57 bits per heavy atom. The standard InChI is InChI=1S/C19H19N7O3S/c27-16(12-30-19-21-23-24-25(19)13-7-3-1-4-8-13)18(29)17(28)15-11-20-26(22-15)14-9-5-2-6-10-14/h1-11,16-18,27-29H,12H2/t16-,17+,18+/m1/s1. The van der Waals surface area contributed by atoms with Crippen LogP contribution in [0.1, 0.15) is 11.8 Å². The molecule has 0 saturated heterocycles. The van der Waals surface area contributed by atoms with E-state index in [2.05, 4.69) is 25.7 Å². The van der Waals surface area contributed by atoms with Crippen molar-refractivity contribution in [3.05, 3.63) is 72.6 Å². The van der Waals surface area contributed by atoms with E-state index in [-0.39, 0.29) is 11.4 Å². The fourth-order valence-electron chi connectivity index (χ4n) is 2.74. The van der Waals surface area contributed by atoms with E-state index in [4.69, 9.17) is 0 Å². The highest BCUT2D eigenvalue weighted by Crippen LogP contribution is 2.23. The molecule has 4 rings (SSSR count). The van der Waals surface area contributed by atoms with Crippen LogP contribution in [0.15, 0.2) is 72.0 Å². The van der Waals surface area contributed by atoms with Crippen LogP contribution in [0, 0.1) is 0 Å². The molecule has 3 atom stereocenters. The predicted octanol–water partition coefficient (Wildman–Crippen LogP) is 0.790. The van der Waals surface area contributed by atoms with Gasteiger partial charge in [0.25, 0.3) is 0 Å². The van der Waals surface area contributed by atoms with E-state index < -0.39 is 18.3 Å². The Bertz CT molecular complexity index is 1070. The lowest BCUT2D eigenvalue weighted by Crippen LogP contribution is -2.34. The second-order valence-electron chi connectivity index (χ2n) is 6.42. The molecule has 0 bridgehead atoms. The van der Waals surface area contributed by atoms with Gasteiger partial charge in [-0.05, 0) is 34.7 Å². The molecule has 0 aliphatic heterocycles. The van der Waals surface area contributed by atoms with Crippen molar-refractivity contribution in [3.8, 4) is 11.4 Å². The zero-order chi connectivity index (χ0) is 20.9. The maximum atomic E-state index is 10.4. The first-order chi connectivity index (χ1) is 14.6. The first-order valence-electron chi connectivity index (χ1n) is 9.12. The molecule has 10 nitrogen and oxygen atoms in total. The van der Waals surface area contributed by atoms with Crippen molar-refractivity contribution in [3.63, 3.8) is 0 Å². The van der Waals surface area contributed by atoms with Gasteiger partial charge >= 0.3 is 0 Å². The number of hydrogen-bond acceptors (Lipinski definition) is 9. The van der Waals surface area contributed by atoms with Gasteiger partial charge in [-0.1, -0.05) is 48.2 Å². The van der Waals surface area contributed by atoms with Gasteiger partial charge < -0.3 is 15.3 Å². The number of nitrogens with zero attached hydrogens (tertiary/aromatic N) is 7. The first-order valence-corrected chi connectivity index (χ1v) is 10.1. The maximum Gasteiger partial charge on any atom is 0.214 e. The molecule has 154 valence electrons. The van der Waals surface area contributed by atoms with Crippen molar-refractivity contribution in [2.75, 3.05) is 5.75 Å². The lowest BCUT2D eigenvalue weighted by molar-refractivity contribution is -0.0531. The molecule has 0 spiro atoms. The maximum absolute atomic E-state index is 10.4. The molecular formula is C19H19N7O3S. The summed E-state index contributed by atoms with van der Waals surface area (Å²) in [6.07, 6.45) is -2.74. The van der Waals surface area contributed by atoms with Gasteiger partial charge in [0.05, 0.1) is 23.7 Å². The molecule has 0 saturated carbocycles. The van der Waals surface area contributed by atoms with Crippen LogP contribution in [0.2, 0.25) is 0 Å². The van der Waals surface area contributed by atoms with Crippen LogP contribution in [-0.4, -0.2) is 68.5 Å². The molecule has 0 aliphatic carbocycles. The van der Waals surface area contributed by atoms with Crippen LogP contribution in [0.3, 0.4) is 0 Å². The normalized spacial score (nSPS) is 14.4. The molecule has 11 heteroatoms. The fourth-order valence-corrected chi connectivity index (χ4v) is 3.62. The Hall–Kier alpha value is -3.12. The quantitative estimate of drug-likeness (QED) is 0.350. The molecule has 0 amide bonds. The summed E-state index contributed by atoms with van der Waals surface area (Å²) in [5.74, 6) is 0.0677. The second-order valence-corrected chi connectivity index (χ2v) is 7.40. The number of aromatic nitrogens is 7. The number of para-hydroxylation sites is 2. The zero-order valence-corrected chi connectivity index (χ0v) is 16.5. The SMILES string of the molecule is O[C@@H]([C@H](O)CSc1nnnn1-c1ccccc1)[C@@H](O)c1cnn(-c2ccccc2)n1. The van der Waals surface area contributed by atoms with Crippen LogP contribution in [-0.2, 0) is 0 Å². The van der Waals surface area contributed by atoms with Crippen molar-refractivity contribution in [2.24, 2.45) is 0 Å². The minimum Gasteiger partial charge on any atom is -0.389 e. The summed E-state index contributed by atoms with van der Waals surface area (Å²) >= 11 is 1.16. The number of aliphatic hydroxyl groups is 3. The Balaban J connectivity index is 1.39. The number of aliphatic hydroxyl groups excluding tert-OH is 3. The highest BCUT2D eigenvalue weighted by Gasteiger charge is 2.29. The minimum absolute atomic E-state index is 0.0677. The Labute approximate surface area is 175 Å². The third-order valence-electron chi connectivity index (χ3n) is 4.34. The van der Waals surface area contributed by atoms with Crippen molar-refractivity contribution >= 4 is 11.8 Å². The van der Waals surface area contributed by atoms with Gasteiger partial charge in [-0.15, -0.1) is 5.10 Å². The van der Waals surface area contributed by atoms with E-state index in [9.17, 15) is 15.3 Å². The predicted molar refractivity (Wildman–Crippen MR) is 108 cm³/mol. The number of benzene rings is 2. The molecule has 2 aromatic carbocycles. The summed E-state index contributed by atoms with van der Waals surface area (Å²) in [6.45, 7) is 0. The molecule has 0 fully saturated rings. The molecule has 4 aromatic rings. The van der Waals surface area contributed by atoms with Crippen molar-refractivity contribution < 1.29 is 15.3 Å². The van der Waals surface area contributed by atoms with Gasteiger partial charge in [0.2, 0.25) is 5.16 Å². The summed E-state index contributed by atoms with van der Waals surface area (Å²) in [7, 11) is 0. The molecule has 3 N–H and O–H groups in total. The van der Waals surface area contributed by atoms with Gasteiger partial charge in [-0.3, -0.25) is 0 Å².